The van der Waals surface area contributed by atoms with E-state index in [9.17, 15) is 4.39 Å². The van der Waals surface area contributed by atoms with E-state index in [1.165, 1.54) is 6.07 Å². The molecule has 0 spiro atoms. The Morgan fingerprint density at radius 2 is 1.88 bits per heavy atom. The molecule has 4 heterocycles. The zero-order valence-electron chi connectivity index (χ0n) is 18.9. The summed E-state index contributed by atoms with van der Waals surface area (Å²) in [5, 5.41) is 4.60. The first-order valence-electron chi connectivity index (χ1n) is 10.9. The zero-order valence-corrected chi connectivity index (χ0v) is 19.6. The third-order valence-electron chi connectivity index (χ3n) is 6.12. The van der Waals surface area contributed by atoms with E-state index in [1.807, 2.05) is 40.2 Å². The van der Waals surface area contributed by atoms with Crippen LogP contribution in [0.2, 0.25) is 5.02 Å². The van der Waals surface area contributed by atoms with Crippen molar-refractivity contribution in [3.63, 3.8) is 0 Å². The van der Waals surface area contributed by atoms with Crippen LogP contribution in [0.3, 0.4) is 0 Å². The number of benzene rings is 1. The molecule has 4 aromatic rings. The van der Waals surface area contributed by atoms with Crippen molar-refractivity contribution in [3.8, 4) is 11.3 Å². The van der Waals surface area contributed by atoms with Gasteiger partial charge in [0.15, 0.2) is 5.65 Å². The molecule has 1 aliphatic rings. The van der Waals surface area contributed by atoms with Crippen molar-refractivity contribution < 1.29 is 9.13 Å². The fraction of sp³-hybridized carbons (Fsp3) is 0.375. The standard InChI is InChI=1S/C24H24ClFN6O/c1-12-7-15(8-20(33-12)16-10-27-32(4)11-16)23-30-21(18-6-5-17(25)9-19(18)26)22-24(31-23)29-14(3)13(2)28-22/h5-6,9-12,15,20H,7-8H2,1-4H3/t12-,15+,20+/m1/s1. The quantitative estimate of drug-likeness (QED) is 0.410. The third-order valence-corrected chi connectivity index (χ3v) is 6.35. The van der Waals surface area contributed by atoms with Gasteiger partial charge < -0.3 is 4.74 Å². The Balaban J connectivity index is 1.64. The number of aromatic nitrogens is 6. The summed E-state index contributed by atoms with van der Waals surface area (Å²) in [5.41, 5.74) is 4.25. The molecule has 0 unspecified atom stereocenters. The lowest BCUT2D eigenvalue weighted by Crippen LogP contribution is -2.26. The first kappa shape index (κ1) is 21.9. The summed E-state index contributed by atoms with van der Waals surface area (Å²) in [4.78, 5) is 19.0. The van der Waals surface area contributed by atoms with Crippen molar-refractivity contribution >= 4 is 22.8 Å². The minimum absolute atomic E-state index is 0.00908. The van der Waals surface area contributed by atoms with Gasteiger partial charge in [-0.25, -0.2) is 24.3 Å². The molecule has 7 nitrogen and oxygen atoms in total. The van der Waals surface area contributed by atoms with Crippen LogP contribution >= 0.6 is 11.6 Å². The summed E-state index contributed by atoms with van der Waals surface area (Å²) in [5.74, 6) is 0.177. The normalized spacial score (nSPS) is 21.0. The van der Waals surface area contributed by atoms with E-state index in [0.717, 1.165) is 23.4 Å². The molecule has 3 atom stereocenters. The van der Waals surface area contributed by atoms with Crippen LogP contribution in [0.15, 0.2) is 30.6 Å². The van der Waals surface area contributed by atoms with Crippen LogP contribution in [0.5, 0.6) is 0 Å². The maximum absolute atomic E-state index is 14.9. The second-order valence-corrected chi connectivity index (χ2v) is 9.11. The summed E-state index contributed by atoms with van der Waals surface area (Å²) in [6.07, 6.45) is 5.13. The van der Waals surface area contributed by atoms with Crippen molar-refractivity contribution in [2.75, 3.05) is 0 Å². The van der Waals surface area contributed by atoms with Crippen LogP contribution in [0.1, 0.15) is 54.6 Å². The SMILES string of the molecule is Cc1nc2nc([C@H]3C[C@@H](C)O[C@H](c4cnn(C)c4)C3)nc(-c3ccc(Cl)cc3F)c2nc1C. The molecule has 5 rings (SSSR count). The minimum atomic E-state index is -0.456. The average molecular weight is 467 g/mol. The number of halogens is 2. The monoisotopic (exact) mass is 466 g/mol. The molecule has 0 aliphatic carbocycles. The molecule has 1 aliphatic heterocycles. The molecule has 33 heavy (non-hydrogen) atoms. The number of rotatable bonds is 3. The maximum atomic E-state index is 14.9. The van der Waals surface area contributed by atoms with Gasteiger partial charge in [-0.15, -0.1) is 0 Å². The number of nitrogens with zero attached hydrogens (tertiary/aromatic N) is 6. The van der Waals surface area contributed by atoms with Gasteiger partial charge in [-0.05, 0) is 51.8 Å². The van der Waals surface area contributed by atoms with Gasteiger partial charge in [0.2, 0.25) is 0 Å². The highest BCUT2D eigenvalue weighted by Gasteiger charge is 2.32. The number of aryl methyl sites for hydroxylation is 3. The zero-order chi connectivity index (χ0) is 23.3. The molecule has 0 amide bonds. The van der Waals surface area contributed by atoms with E-state index < -0.39 is 5.82 Å². The van der Waals surface area contributed by atoms with Crippen molar-refractivity contribution in [2.24, 2.45) is 7.05 Å². The van der Waals surface area contributed by atoms with Gasteiger partial charge >= 0.3 is 0 Å². The van der Waals surface area contributed by atoms with Crippen LogP contribution in [-0.2, 0) is 11.8 Å². The van der Waals surface area contributed by atoms with Crippen LogP contribution in [-0.4, -0.2) is 35.8 Å². The van der Waals surface area contributed by atoms with Crippen LogP contribution in [0.4, 0.5) is 4.39 Å². The predicted octanol–water partition coefficient (Wildman–Crippen LogP) is 5.25. The molecule has 0 N–H and O–H groups in total. The predicted molar refractivity (Wildman–Crippen MR) is 123 cm³/mol. The van der Waals surface area contributed by atoms with Gasteiger partial charge in [0, 0.05) is 35.3 Å². The molecule has 1 aromatic carbocycles. The van der Waals surface area contributed by atoms with Crippen molar-refractivity contribution in [2.45, 2.75) is 51.7 Å². The van der Waals surface area contributed by atoms with E-state index in [2.05, 4.69) is 15.1 Å². The number of ether oxygens (including phenoxy) is 1. The first-order valence-corrected chi connectivity index (χ1v) is 11.3. The Morgan fingerprint density at radius 1 is 1.09 bits per heavy atom. The van der Waals surface area contributed by atoms with Gasteiger partial charge in [-0.3, -0.25) is 4.68 Å². The fourth-order valence-electron chi connectivity index (χ4n) is 4.36. The molecule has 1 fully saturated rings. The Kier molecular flexibility index (Phi) is 5.58. The van der Waals surface area contributed by atoms with Gasteiger partial charge in [0.1, 0.15) is 22.9 Å². The summed E-state index contributed by atoms with van der Waals surface area (Å²) in [6, 6.07) is 4.57. The number of hydrogen-bond donors (Lipinski definition) is 0. The molecule has 9 heteroatoms. The summed E-state index contributed by atoms with van der Waals surface area (Å²) in [6.45, 7) is 5.81. The molecule has 0 bridgehead atoms. The molecule has 1 saturated heterocycles. The summed E-state index contributed by atoms with van der Waals surface area (Å²) >= 11 is 5.99. The Morgan fingerprint density at radius 3 is 2.61 bits per heavy atom. The van der Waals surface area contributed by atoms with Gasteiger partial charge in [0.25, 0.3) is 0 Å². The van der Waals surface area contributed by atoms with Crippen LogP contribution in [0, 0.1) is 19.7 Å². The first-order chi connectivity index (χ1) is 15.8. The van der Waals surface area contributed by atoms with Crippen molar-refractivity contribution in [1.82, 2.24) is 29.7 Å². The van der Waals surface area contributed by atoms with E-state index in [4.69, 9.17) is 26.3 Å². The molecule has 3 aromatic heterocycles. The van der Waals surface area contributed by atoms with Crippen LogP contribution in [0.25, 0.3) is 22.4 Å². The van der Waals surface area contributed by atoms with Gasteiger partial charge in [0.05, 0.1) is 29.8 Å². The van der Waals surface area contributed by atoms with Crippen molar-refractivity contribution in [3.05, 3.63) is 64.2 Å². The van der Waals surface area contributed by atoms with E-state index in [0.29, 0.717) is 39.7 Å². The molecule has 170 valence electrons. The highest BCUT2D eigenvalue weighted by atomic mass is 35.5. The molecular weight excluding hydrogens is 443 g/mol. The lowest BCUT2D eigenvalue weighted by atomic mass is 9.89. The van der Waals surface area contributed by atoms with Gasteiger partial charge in [-0.2, -0.15) is 5.10 Å². The third kappa shape index (κ3) is 4.20. The highest BCUT2D eigenvalue weighted by molar-refractivity contribution is 6.30. The lowest BCUT2D eigenvalue weighted by molar-refractivity contribution is -0.0511. The fourth-order valence-corrected chi connectivity index (χ4v) is 4.52. The van der Waals surface area contributed by atoms with E-state index in [-0.39, 0.29) is 18.1 Å². The largest absolute Gasteiger partial charge is 0.370 e. The van der Waals surface area contributed by atoms with Crippen molar-refractivity contribution in [1.29, 1.82) is 0 Å². The second-order valence-electron chi connectivity index (χ2n) is 8.67. The number of hydrogen-bond acceptors (Lipinski definition) is 6. The average Bonchev–Trinajstić information content (AvgIpc) is 3.20. The summed E-state index contributed by atoms with van der Waals surface area (Å²) in [7, 11) is 1.88. The van der Waals surface area contributed by atoms with E-state index in [1.54, 1.807) is 16.8 Å². The lowest BCUT2D eigenvalue weighted by Gasteiger charge is -2.33. The smallest absolute Gasteiger partial charge is 0.182 e. The van der Waals surface area contributed by atoms with E-state index >= 15 is 0 Å². The highest BCUT2D eigenvalue weighted by Crippen LogP contribution is 2.40. The Labute approximate surface area is 196 Å². The Hall–Kier alpha value is -2.97. The Bertz CT molecular complexity index is 1360. The topological polar surface area (TPSA) is 78.6 Å². The minimum Gasteiger partial charge on any atom is -0.370 e. The number of fused-ring (bicyclic) bond motifs is 1. The van der Waals surface area contributed by atoms with Gasteiger partial charge in [-0.1, -0.05) is 11.6 Å². The molecule has 0 radical (unpaired) electrons. The van der Waals surface area contributed by atoms with Crippen LogP contribution < -0.4 is 0 Å². The maximum Gasteiger partial charge on any atom is 0.182 e. The molecular formula is C24H24ClFN6O. The summed E-state index contributed by atoms with van der Waals surface area (Å²) < 4.78 is 22.9. The molecule has 0 saturated carbocycles. The second kappa shape index (κ2) is 8.43.